The van der Waals surface area contributed by atoms with Crippen molar-refractivity contribution < 1.29 is 17.6 Å². The van der Waals surface area contributed by atoms with Gasteiger partial charge in [-0.25, -0.2) is 17.6 Å². The molecule has 2 aromatic rings. The Morgan fingerprint density at radius 1 is 0.895 bits per heavy atom. The molecule has 19 heavy (non-hydrogen) atoms. The average molecular weight is 269 g/mol. The van der Waals surface area contributed by atoms with Gasteiger partial charge >= 0.3 is 0 Å². The van der Waals surface area contributed by atoms with E-state index in [0.717, 1.165) is 18.2 Å². The first-order chi connectivity index (χ1) is 8.99. The minimum absolute atomic E-state index is 0.00546. The molecule has 0 fully saturated rings. The highest BCUT2D eigenvalue weighted by Gasteiger charge is 2.11. The fraction of sp³-hybridized carbons (Fsp3) is 0.143. The number of aryl methyl sites for hydroxylation is 1. The van der Waals surface area contributed by atoms with E-state index in [9.17, 15) is 17.6 Å². The second-order valence-corrected chi connectivity index (χ2v) is 4.16. The zero-order chi connectivity index (χ0) is 14.0. The predicted molar refractivity (Wildman–Crippen MR) is 64.8 cm³/mol. The zero-order valence-corrected chi connectivity index (χ0v) is 10.1. The van der Waals surface area contributed by atoms with Crippen molar-refractivity contribution in [1.82, 2.24) is 0 Å². The van der Waals surface area contributed by atoms with Crippen LogP contribution in [0.3, 0.4) is 0 Å². The van der Waals surface area contributed by atoms with Crippen LogP contribution in [-0.2, 0) is 6.54 Å². The number of rotatable bonds is 3. The van der Waals surface area contributed by atoms with Crippen LogP contribution >= 0.6 is 0 Å². The van der Waals surface area contributed by atoms with Crippen LogP contribution in [-0.4, -0.2) is 0 Å². The van der Waals surface area contributed by atoms with Crippen LogP contribution in [0.5, 0.6) is 0 Å². The minimum atomic E-state index is -0.996. The lowest BCUT2D eigenvalue weighted by atomic mass is 10.1. The first-order valence-corrected chi connectivity index (χ1v) is 5.61. The van der Waals surface area contributed by atoms with Gasteiger partial charge in [0.05, 0.1) is 0 Å². The van der Waals surface area contributed by atoms with Gasteiger partial charge in [0.15, 0.2) is 17.5 Å². The third-order valence-corrected chi connectivity index (χ3v) is 2.74. The van der Waals surface area contributed by atoms with Gasteiger partial charge < -0.3 is 5.32 Å². The van der Waals surface area contributed by atoms with E-state index < -0.39 is 23.3 Å². The fourth-order valence-corrected chi connectivity index (χ4v) is 1.66. The Bertz CT molecular complexity index is 611. The number of benzene rings is 2. The first-order valence-electron chi connectivity index (χ1n) is 5.61. The average Bonchev–Trinajstić information content (AvgIpc) is 2.38. The quantitative estimate of drug-likeness (QED) is 0.825. The van der Waals surface area contributed by atoms with Gasteiger partial charge in [-0.05, 0) is 36.2 Å². The molecule has 0 saturated heterocycles. The van der Waals surface area contributed by atoms with E-state index in [1.54, 1.807) is 0 Å². The summed E-state index contributed by atoms with van der Waals surface area (Å²) < 4.78 is 52.8. The monoisotopic (exact) mass is 269 g/mol. The summed E-state index contributed by atoms with van der Waals surface area (Å²) in [7, 11) is 0. The van der Waals surface area contributed by atoms with Gasteiger partial charge in [0.2, 0.25) is 0 Å². The highest BCUT2D eigenvalue weighted by Crippen LogP contribution is 2.22. The van der Waals surface area contributed by atoms with Crippen molar-refractivity contribution in [3.05, 3.63) is 64.7 Å². The maximum Gasteiger partial charge on any atom is 0.159 e. The van der Waals surface area contributed by atoms with E-state index in [-0.39, 0.29) is 12.2 Å². The molecule has 0 spiro atoms. The molecule has 0 aliphatic carbocycles. The van der Waals surface area contributed by atoms with Crippen molar-refractivity contribution >= 4 is 5.69 Å². The topological polar surface area (TPSA) is 12.0 Å². The molecule has 0 atom stereocenters. The number of hydrogen-bond acceptors (Lipinski definition) is 1. The number of nitrogens with one attached hydrogen (secondary N) is 1. The van der Waals surface area contributed by atoms with E-state index >= 15 is 0 Å². The Morgan fingerprint density at radius 2 is 1.58 bits per heavy atom. The molecule has 0 aliphatic heterocycles. The summed E-state index contributed by atoms with van der Waals surface area (Å²) in [5.74, 6) is -3.38. The van der Waals surface area contributed by atoms with Crippen LogP contribution in [0, 0.1) is 30.2 Å². The van der Waals surface area contributed by atoms with Gasteiger partial charge in [-0.1, -0.05) is 12.1 Å². The van der Waals surface area contributed by atoms with Crippen LogP contribution in [0.25, 0.3) is 0 Å². The second-order valence-electron chi connectivity index (χ2n) is 4.16. The predicted octanol–water partition coefficient (Wildman–Crippen LogP) is 4.16. The van der Waals surface area contributed by atoms with E-state index in [1.807, 2.05) is 0 Å². The molecule has 100 valence electrons. The molecular formula is C14H11F4N. The maximum atomic E-state index is 13.7. The summed E-state index contributed by atoms with van der Waals surface area (Å²) in [6.45, 7) is 1.51. The van der Waals surface area contributed by atoms with E-state index in [2.05, 4.69) is 5.32 Å². The summed E-state index contributed by atoms with van der Waals surface area (Å²) in [6.07, 6.45) is 0. The van der Waals surface area contributed by atoms with Crippen molar-refractivity contribution in [3.8, 4) is 0 Å². The minimum Gasteiger partial charge on any atom is -0.376 e. The van der Waals surface area contributed by atoms with Gasteiger partial charge in [-0.15, -0.1) is 0 Å². The molecule has 1 nitrogen and oxygen atoms in total. The standard InChI is InChI=1S/C14H11F4N/c1-8-2-4-11(16)14(13(8)18)19-7-9-3-5-10(15)12(17)6-9/h2-6,19H,7H2,1H3. The number of anilines is 1. The van der Waals surface area contributed by atoms with Gasteiger partial charge in [-0.3, -0.25) is 0 Å². The lowest BCUT2D eigenvalue weighted by Crippen LogP contribution is -2.05. The summed E-state index contributed by atoms with van der Waals surface area (Å²) in [4.78, 5) is 0. The molecule has 2 rings (SSSR count). The highest BCUT2D eigenvalue weighted by atomic mass is 19.2. The summed E-state index contributed by atoms with van der Waals surface area (Å²) in [5, 5.41) is 2.55. The van der Waals surface area contributed by atoms with Crippen molar-refractivity contribution in [2.24, 2.45) is 0 Å². The Labute approximate surface area is 107 Å². The fourth-order valence-electron chi connectivity index (χ4n) is 1.66. The molecule has 0 aliphatic rings. The molecule has 0 amide bonds. The lowest BCUT2D eigenvalue weighted by molar-refractivity contribution is 0.507. The van der Waals surface area contributed by atoms with Gasteiger partial charge in [-0.2, -0.15) is 0 Å². The largest absolute Gasteiger partial charge is 0.376 e. The van der Waals surface area contributed by atoms with E-state index in [0.29, 0.717) is 11.1 Å². The van der Waals surface area contributed by atoms with Crippen molar-refractivity contribution in [3.63, 3.8) is 0 Å². The maximum absolute atomic E-state index is 13.7. The van der Waals surface area contributed by atoms with Crippen molar-refractivity contribution in [1.29, 1.82) is 0 Å². The molecule has 2 aromatic carbocycles. The number of halogens is 4. The molecule has 0 radical (unpaired) electrons. The summed E-state index contributed by atoms with van der Waals surface area (Å²) in [5.41, 5.74) is 0.415. The SMILES string of the molecule is Cc1ccc(F)c(NCc2ccc(F)c(F)c2)c1F. The Morgan fingerprint density at radius 3 is 2.26 bits per heavy atom. The van der Waals surface area contributed by atoms with Crippen LogP contribution < -0.4 is 5.32 Å². The van der Waals surface area contributed by atoms with Gasteiger partial charge in [0.1, 0.15) is 11.5 Å². The van der Waals surface area contributed by atoms with E-state index in [4.69, 9.17) is 0 Å². The molecule has 5 heteroatoms. The van der Waals surface area contributed by atoms with Crippen LogP contribution in [0.15, 0.2) is 30.3 Å². The highest BCUT2D eigenvalue weighted by molar-refractivity contribution is 5.49. The smallest absolute Gasteiger partial charge is 0.159 e. The second kappa shape index (κ2) is 5.30. The molecular weight excluding hydrogens is 258 g/mol. The van der Waals surface area contributed by atoms with Crippen molar-refractivity contribution in [2.45, 2.75) is 13.5 Å². The molecule has 1 N–H and O–H groups in total. The molecule has 0 saturated carbocycles. The van der Waals surface area contributed by atoms with Gasteiger partial charge in [0.25, 0.3) is 0 Å². The number of hydrogen-bond donors (Lipinski definition) is 1. The summed E-state index contributed by atoms with van der Waals surface area (Å²) in [6, 6.07) is 5.76. The summed E-state index contributed by atoms with van der Waals surface area (Å²) >= 11 is 0. The first kappa shape index (κ1) is 13.4. The molecule has 0 aromatic heterocycles. The molecule has 0 heterocycles. The normalized spacial score (nSPS) is 10.6. The van der Waals surface area contributed by atoms with Crippen LogP contribution in [0.4, 0.5) is 23.2 Å². The lowest BCUT2D eigenvalue weighted by Gasteiger charge is -2.10. The van der Waals surface area contributed by atoms with Crippen LogP contribution in [0.2, 0.25) is 0 Å². The Balaban J connectivity index is 2.19. The molecule has 0 unspecified atom stereocenters. The zero-order valence-electron chi connectivity index (χ0n) is 10.1. The Kier molecular flexibility index (Phi) is 3.74. The third kappa shape index (κ3) is 2.86. The third-order valence-electron chi connectivity index (χ3n) is 2.74. The van der Waals surface area contributed by atoms with E-state index in [1.165, 1.54) is 19.1 Å². The van der Waals surface area contributed by atoms with Crippen LogP contribution in [0.1, 0.15) is 11.1 Å². The Hall–Kier alpha value is -2.04. The van der Waals surface area contributed by atoms with Gasteiger partial charge in [0, 0.05) is 6.54 Å². The van der Waals surface area contributed by atoms with Crippen molar-refractivity contribution in [2.75, 3.05) is 5.32 Å². The molecule has 0 bridgehead atoms.